The third-order valence-electron chi connectivity index (χ3n) is 4.98. The van der Waals surface area contributed by atoms with Crippen molar-refractivity contribution in [1.29, 1.82) is 0 Å². The molecule has 1 aliphatic rings. The molecular formula is C19H23N5O. The Labute approximate surface area is 147 Å². The Bertz CT molecular complexity index is 913. The van der Waals surface area contributed by atoms with Crippen LogP contribution in [-0.2, 0) is 6.54 Å². The molecule has 0 radical (unpaired) electrons. The van der Waals surface area contributed by atoms with Gasteiger partial charge in [-0.15, -0.1) is 0 Å². The lowest BCUT2D eigenvalue weighted by Gasteiger charge is -2.31. The molecule has 1 fully saturated rings. The maximum absolute atomic E-state index is 9.57. The molecule has 4 rings (SSSR count). The van der Waals surface area contributed by atoms with Gasteiger partial charge in [-0.2, -0.15) is 0 Å². The van der Waals surface area contributed by atoms with Crippen LogP contribution in [0.15, 0.2) is 30.5 Å². The zero-order chi connectivity index (χ0) is 17.6. The zero-order valence-electron chi connectivity index (χ0n) is 14.8. The molecule has 0 atom stereocenters. The van der Waals surface area contributed by atoms with E-state index in [4.69, 9.17) is 0 Å². The van der Waals surface area contributed by atoms with Crippen molar-refractivity contribution in [2.24, 2.45) is 0 Å². The number of aliphatic hydroxyl groups is 1. The van der Waals surface area contributed by atoms with Gasteiger partial charge in [0.05, 0.1) is 24.0 Å². The number of anilines is 1. The lowest BCUT2D eigenvalue weighted by Crippen LogP contribution is -2.28. The van der Waals surface area contributed by atoms with Gasteiger partial charge in [0.15, 0.2) is 0 Å². The van der Waals surface area contributed by atoms with Crippen LogP contribution in [0.3, 0.4) is 0 Å². The standard InChI is InChI=1S/C19H23N5O/c1-12-17(24-7-5-4-6-18(24)20-12)11-23(3)19-10-16(21-13(2)22-19)14-8-15(25)9-14/h4-7,10,14-15,25H,8-9,11H2,1-3H3. The number of hydrogen-bond donors (Lipinski definition) is 1. The average molecular weight is 337 g/mol. The SMILES string of the molecule is Cc1nc(C2CC(O)C2)cc(N(C)Cc2c(C)nc3ccccn23)n1. The van der Waals surface area contributed by atoms with Crippen molar-refractivity contribution in [2.45, 2.75) is 45.3 Å². The molecule has 6 heteroatoms. The van der Waals surface area contributed by atoms with Gasteiger partial charge < -0.3 is 14.4 Å². The molecule has 0 aromatic carbocycles. The van der Waals surface area contributed by atoms with Crippen LogP contribution < -0.4 is 4.90 Å². The van der Waals surface area contributed by atoms with Crippen molar-refractivity contribution < 1.29 is 5.11 Å². The Morgan fingerprint density at radius 3 is 2.76 bits per heavy atom. The van der Waals surface area contributed by atoms with Gasteiger partial charge in [0.1, 0.15) is 17.3 Å². The van der Waals surface area contributed by atoms with E-state index in [0.29, 0.717) is 5.92 Å². The van der Waals surface area contributed by atoms with E-state index >= 15 is 0 Å². The summed E-state index contributed by atoms with van der Waals surface area (Å²) in [6, 6.07) is 8.10. The highest BCUT2D eigenvalue weighted by atomic mass is 16.3. The topological polar surface area (TPSA) is 66.6 Å². The first-order valence-corrected chi connectivity index (χ1v) is 8.68. The van der Waals surface area contributed by atoms with E-state index in [9.17, 15) is 5.11 Å². The second-order valence-electron chi connectivity index (χ2n) is 6.95. The van der Waals surface area contributed by atoms with Crippen LogP contribution in [0.1, 0.15) is 41.7 Å². The minimum absolute atomic E-state index is 0.178. The summed E-state index contributed by atoms with van der Waals surface area (Å²) in [5.74, 6) is 2.03. The number of imidazole rings is 1. The molecule has 3 aromatic heterocycles. The number of rotatable bonds is 4. The number of nitrogens with zero attached hydrogens (tertiary/aromatic N) is 5. The van der Waals surface area contributed by atoms with Gasteiger partial charge in [-0.25, -0.2) is 15.0 Å². The van der Waals surface area contributed by atoms with Gasteiger partial charge in [-0.3, -0.25) is 0 Å². The van der Waals surface area contributed by atoms with Crippen molar-refractivity contribution >= 4 is 11.5 Å². The highest BCUT2D eigenvalue weighted by Gasteiger charge is 2.30. The van der Waals surface area contributed by atoms with Gasteiger partial charge in [0, 0.05) is 30.9 Å². The number of hydrogen-bond acceptors (Lipinski definition) is 5. The van der Waals surface area contributed by atoms with Crippen molar-refractivity contribution in [3.05, 3.63) is 53.4 Å². The third kappa shape index (κ3) is 2.98. The molecule has 0 bridgehead atoms. The number of aliphatic hydroxyl groups excluding tert-OH is 1. The second-order valence-corrected chi connectivity index (χ2v) is 6.95. The van der Waals surface area contributed by atoms with Crippen molar-refractivity contribution in [3.63, 3.8) is 0 Å². The van der Waals surface area contributed by atoms with Gasteiger partial charge in [0.25, 0.3) is 0 Å². The lowest BCUT2D eigenvalue weighted by molar-refractivity contribution is 0.0731. The maximum Gasteiger partial charge on any atom is 0.137 e. The molecule has 0 unspecified atom stereocenters. The molecular weight excluding hydrogens is 314 g/mol. The number of pyridine rings is 1. The first kappa shape index (κ1) is 16.0. The zero-order valence-corrected chi connectivity index (χ0v) is 14.8. The summed E-state index contributed by atoms with van der Waals surface area (Å²) in [5, 5.41) is 9.57. The average Bonchev–Trinajstić information content (AvgIpc) is 2.87. The van der Waals surface area contributed by atoms with Crippen LogP contribution in [0, 0.1) is 13.8 Å². The fraction of sp³-hybridized carbons (Fsp3) is 0.421. The summed E-state index contributed by atoms with van der Waals surface area (Å²) in [6.07, 6.45) is 3.46. The van der Waals surface area contributed by atoms with Crippen LogP contribution in [0.5, 0.6) is 0 Å². The van der Waals surface area contributed by atoms with E-state index in [0.717, 1.165) is 53.8 Å². The molecule has 1 N–H and O–H groups in total. The second kappa shape index (κ2) is 6.11. The molecule has 1 aliphatic carbocycles. The Morgan fingerprint density at radius 2 is 2.00 bits per heavy atom. The fourth-order valence-electron chi connectivity index (χ4n) is 3.47. The van der Waals surface area contributed by atoms with Crippen LogP contribution in [-0.4, -0.2) is 37.6 Å². The normalized spacial score (nSPS) is 19.8. The third-order valence-corrected chi connectivity index (χ3v) is 4.98. The van der Waals surface area contributed by atoms with E-state index in [2.05, 4.69) is 30.3 Å². The molecule has 6 nitrogen and oxygen atoms in total. The summed E-state index contributed by atoms with van der Waals surface area (Å²) in [5.41, 5.74) is 4.20. The van der Waals surface area contributed by atoms with E-state index in [-0.39, 0.29) is 6.10 Å². The summed E-state index contributed by atoms with van der Waals surface area (Å²) < 4.78 is 2.13. The van der Waals surface area contributed by atoms with E-state index < -0.39 is 0 Å². The van der Waals surface area contributed by atoms with Crippen LogP contribution in [0.4, 0.5) is 5.82 Å². The van der Waals surface area contributed by atoms with Crippen LogP contribution in [0.2, 0.25) is 0 Å². The maximum atomic E-state index is 9.57. The summed E-state index contributed by atoms with van der Waals surface area (Å²) >= 11 is 0. The highest BCUT2D eigenvalue weighted by molar-refractivity contribution is 5.46. The predicted octanol–water partition coefficient (Wildman–Crippen LogP) is 2.62. The molecule has 3 heterocycles. The quantitative estimate of drug-likeness (QED) is 0.793. The van der Waals surface area contributed by atoms with E-state index in [1.165, 1.54) is 0 Å². The number of fused-ring (bicyclic) bond motifs is 1. The van der Waals surface area contributed by atoms with Crippen molar-refractivity contribution in [1.82, 2.24) is 19.4 Å². The minimum atomic E-state index is -0.178. The molecule has 130 valence electrons. The van der Waals surface area contributed by atoms with Gasteiger partial charge in [-0.1, -0.05) is 6.07 Å². The van der Waals surface area contributed by atoms with Gasteiger partial charge in [0.2, 0.25) is 0 Å². The van der Waals surface area contributed by atoms with Crippen LogP contribution in [0.25, 0.3) is 5.65 Å². The Morgan fingerprint density at radius 1 is 1.20 bits per heavy atom. The van der Waals surface area contributed by atoms with Gasteiger partial charge >= 0.3 is 0 Å². The molecule has 0 saturated heterocycles. The Hall–Kier alpha value is -2.47. The van der Waals surface area contributed by atoms with E-state index in [1.807, 2.05) is 45.3 Å². The van der Waals surface area contributed by atoms with Crippen molar-refractivity contribution in [3.8, 4) is 0 Å². The summed E-state index contributed by atoms with van der Waals surface area (Å²) in [7, 11) is 2.04. The molecule has 1 saturated carbocycles. The first-order chi connectivity index (χ1) is 12.0. The fourth-order valence-corrected chi connectivity index (χ4v) is 3.47. The van der Waals surface area contributed by atoms with Gasteiger partial charge in [-0.05, 0) is 38.8 Å². The number of aromatic nitrogens is 4. The molecule has 25 heavy (non-hydrogen) atoms. The smallest absolute Gasteiger partial charge is 0.137 e. The lowest BCUT2D eigenvalue weighted by atomic mass is 9.80. The van der Waals surface area contributed by atoms with Crippen molar-refractivity contribution in [2.75, 3.05) is 11.9 Å². The monoisotopic (exact) mass is 337 g/mol. The largest absolute Gasteiger partial charge is 0.393 e. The molecule has 0 aliphatic heterocycles. The first-order valence-electron chi connectivity index (χ1n) is 8.68. The Balaban J connectivity index is 1.62. The number of aryl methyl sites for hydroxylation is 2. The summed E-state index contributed by atoms with van der Waals surface area (Å²) in [6.45, 7) is 4.69. The minimum Gasteiger partial charge on any atom is -0.393 e. The summed E-state index contributed by atoms with van der Waals surface area (Å²) in [4.78, 5) is 15.9. The highest BCUT2D eigenvalue weighted by Crippen LogP contribution is 2.36. The molecule has 0 spiro atoms. The molecule has 3 aromatic rings. The Kier molecular flexibility index (Phi) is 3.92. The molecule has 0 amide bonds. The predicted molar refractivity (Wildman–Crippen MR) is 96.8 cm³/mol. The van der Waals surface area contributed by atoms with Crippen LogP contribution >= 0.6 is 0 Å². The van der Waals surface area contributed by atoms with E-state index in [1.54, 1.807) is 0 Å².